The summed E-state index contributed by atoms with van der Waals surface area (Å²) in [4.78, 5) is 0. The van der Waals surface area contributed by atoms with E-state index in [1.165, 1.54) is 68.9 Å². The van der Waals surface area contributed by atoms with Crippen molar-refractivity contribution in [2.24, 2.45) is 5.92 Å². The Hall–Kier alpha value is -2.85. The lowest BCUT2D eigenvalue weighted by Gasteiger charge is -2.29. The van der Waals surface area contributed by atoms with E-state index >= 15 is 4.39 Å². The van der Waals surface area contributed by atoms with Gasteiger partial charge in [-0.2, -0.15) is 0 Å². The lowest BCUT2D eigenvalue weighted by Crippen LogP contribution is -2.13. The molecule has 0 aromatic heterocycles. The van der Waals surface area contributed by atoms with Crippen LogP contribution in [-0.4, -0.2) is 0 Å². The van der Waals surface area contributed by atoms with E-state index in [0.717, 1.165) is 29.7 Å². The number of fused-ring (bicyclic) bond motifs is 1. The number of hydrogen-bond acceptors (Lipinski definition) is 0. The van der Waals surface area contributed by atoms with Crippen molar-refractivity contribution >= 4 is 10.8 Å². The summed E-state index contributed by atoms with van der Waals surface area (Å²) >= 11 is 0. The zero-order valence-corrected chi connectivity index (χ0v) is 21.3. The Labute approximate surface area is 211 Å². The van der Waals surface area contributed by atoms with E-state index in [2.05, 4.69) is 55.7 Å². The molecule has 0 unspecified atom stereocenters. The van der Waals surface area contributed by atoms with Crippen molar-refractivity contribution in [3.63, 3.8) is 0 Å². The molecule has 0 aliphatic heterocycles. The average molecular weight is 467 g/mol. The van der Waals surface area contributed by atoms with Crippen LogP contribution in [0, 0.1) is 23.6 Å². The molecule has 0 atom stereocenters. The third kappa shape index (κ3) is 6.85. The quantitative estimate of drug-likeness (QED) is 0.167. The Kier molecular flexibility index (Phi) is 9.19. The second-order valence-corrected chi connectivity index (χ2v) is 10.2. The van der Waals surface area contributed by atoms with Crippen LogP contribution in [-0.2, 0) is 6.42 Å². The molecule has 3 aromatic carbocycles. The molecular weight excluding hydrogens is 427 g/mol. The predicted octanol–water partition coefficient (Wildman–Crippen LogP) is 9.74. The number of rotatable bonds is 9. The Bertz CT molecular complexity index is 1170. The molecule has 0 heterocycles. The molecule has 1 fully saturated rings. The van der Waals surface area contributed by atoms with Crippen LogP contribution in [0.3, 0.4) is 0 Å². The zero-order valence-electron chi connectivity index (χ0n) is 21.3. The maximum absolute atomic E-state index is 15.1. The van der Waals surface area contributed by atoms with Gasteiger partial charge in [-0.25, -0.2) is 4.39 Å². The highest BCUT2D eigenvalue weighted by molar-refractivity contribution is 5.85. The van der Waals surface area contributed by atoms with Gasteiger partial charge in [0.15, 0.2) is 0 Å². The Balaban J connectivity index is 1.36. The van der Waals surface area contributed by atoms with Crippen LogP contribution < -0.4 is 0 Å². The summed E-state index contributed by atoms with van der Waals surface area (Å²) in [6.07, 6.45) is 16.1. The molecule has 0 bridgehead atoms. The number of benzene rings is 3. The zero-order chi connectivity index (χ0) is 24.5. The summed E-state index contributed by atoms with van der Waals surface area (Å²) in [6, 6.07) is 18.4. The molecule has 1 heteroatoms. The SMILES string of the molecule is C=CCCc1ccc2c(F)c(C#Cc3ccc(C4CCC(CCCCCC)CC4)cc3)ccc2c1. The van der Waals surface area contributed by atoms with Crippen molar-refractivity contribution in [2.75, 3.05) is 0 Å². The molecule has 182 valence electrons. The van der Waals surface area contributed by atoms with Crippen LogP contribution in [0.5, 0.6) is 0 Å². The molecule has 0 amide bonds. The van der Waals surface area contributed by atoms with Crippen molar-refractivity contribution in [3.05, 3.63) is 95.3 Å². The van der Waals surface area contributed by atoms with Gasteiger partial charge in [-0.3, -0.25) is 0 Å². The van der Waals surface area contributed by atoms with Gasteiger partial charge in [0.25, 0.3) is 0 Å². The van der Waals surface area contributed by atoms with Gasteiger partial charge < -0.3 is 0 Å². The Morgan fingerprint density at radius 2 is 1.71 bits per heavy atom. The van der Waals surface area contributed by atoms with Gasteiger partial charge in [-0.15, -0.1) is 6.58 Å². The van der Waals surface area contributed by atoms with Crippen LogP contribution in [0.4, 0.5) is 4.39 Å². The second-order valence-electron chi connectivity index (χ2n) is 10.2. The van der Waals surface area contributed by atoms with E-state index in [1.54, 1.807) is 6.07 Å². The minimum atomic E-state index is -0.228. The molecule has 0 nitrogen and oxygen atoms in total. The lowest BCUT2D eigenvalue weighted by atomic mass is 9.77. The first kappa shape index (κ1) is 25.2. The summed E-state index contributed by atoms with van der Waals surface area (Å²) in [7, 11) is 0. The fourth-order valence-electron chi connectivity index (χ4n) is 5.48. The highest BCUT2D eigenvalue weighted by atomic mass is 19.1. The van der Waals surface area contributed by atoms with Gasteiger partial charge in [0.05, 0.1) is 5.56 Å². The van der Waals surface area contributed by atoms with E-state index in [-0.39, 0.29) is 5.82 Å². The maximum atomic E-state index is 15.1. The summed E-state index contributed by atoms with van der Waals surface area (Å²) < 4.78 is 15.1. The fraction of sp³-hybridized carbons (Fsp3) is 0.412. The Morgan fingerprint density at radius 1 is 0.914 bits per heavy atom. The molecule has 3 aromatic rings. The van der Waals surface area contributed by atoms with Crippen molar-refractivity contribution < 1.29 is 4.39 Å². The third-order valence-electron chi connectivity index (χ3n) is 7.69. The topological polar surface area (TPSA) is 0 Å². The smallest absolute Gasteiger partial charge is 0.146 e. The molecule has 1 aliphatic carbocycles. The standard InChI is InChI=1S/C34H39F/c1-3-5-7-8-10-26-11-17-29(18-12-26)30-19-13-27(14-20-30)15-21-31-22-23-32-25-28(9-6-4-2)16-24-33(32)34(31)35/h4,13-14,16,19-20,22-26,29H,2-3,5-12,17-18H2,1H3. The van der Waals surface area contributed by atoms with E-state index in [9.17, 15) is 0 Å². The summed E-state index contributed by atoms with van der Waals surface area (Å²) in [5, 5.41) is 1.56. The number of allylic oxidation sites excluding steroid dienone is 1. The van der Waals surface area contributed by atoms with Crippen molar-refractivity contribution in [1.82, 2.24) is 0 Å². The highest BCUT2D eigenvalue weighted by Crippen LogP contribution is 2.37. The van der Waals surface area contributed by atoms with E-state index in [1.807, 2.05) is 24.3 Å². The van der Waals surface area contributed by atoms with Crippen LogP contribution in [0.1, 0.15) is 99.3 Å². The second kappa shape index (κ2) is 12.7. The van der Waals surface area contributed by atoms with Crippen LogP contribution >= 0.6 is 0 Å². The number of hydrogen-bond donors (Lipinski definition) is 0. The first-order chi connectivity index (χ1) is 17.2. The minimum absolute atomic E-state index is 0.228. The van der Waals surface area contributed by atoms with Gasteiger partial charge >= 0.3 is 0 Å². The number of aryl methyl sites for hydroxylation is 1. The molecule has 0 N–H and O–H groups in total. The van der Waals surface area contributed by atoms with Gasteiger partial charge in [0, 0.05) is 10.9 Å². The van der Waals surface area contributed by atoms with Gasteiger partial charge in [0.2, 0.25) is 0 Å². The van der Waals surface area contributed by atoms with E-state index in [4.69, 9.17) is 0 Å². The highest BCUT2D eigenvalue weighted by Gasteiger charge is 2.21. The Morgan fingerprint density at radius 3 is 2.46 bits per heavy atom. The minimum Gasteiger partial charge on any atom is -0.205 e. The third-order valence-corrected chi connectivity index (χ3v) is 7.69. The molecule has 0 saturated heterocycles. The number of halogens is 1. The lowest BCUT2D eigenvalue weighted by molar-refractivity contribution is 0.302. The molecular formula is C34H39F. The molecule has 1 saturated carbocycles. The van der Waals surface area contributed by atoms with Crippen molar-refractivity contribution in [3.8, 4) is 11.8 Å². The monoisotopic (exact) mass is 466 g/mol. The first-order valence-electron chi connectivity index (χ1n) is 13.6. The average Bonchev–Trinajstić information content (AvgIpc) is 2.90. The van der Waals surface area contributed by atoms with Crippen molar-refractivity contribution in [2.45, 2.75) is 83.5 Å². The molecule has 0 radical (unpaired) electrons. The molecule has 0 spiro atoms. The van der Waals surface area contributed by atoms with Crippen LogP contribution in [0.25, 0.3) is 10.8 Å². The predicted molar refractivity (Wildman–Crippen MR) is 148 cm³/mol. The normalized spacial score (nSPS) is 17.7. The molecule has 4 rings (SSSR count). The van der Waals surface area contributed by atoms with Gasteiger partial charge in [-0.05, 0) is 85.1 Å². The summed E-state index contributed by atoms with van der Waals surface area (Å²) in [5.74, 6) is 7.63. The van der Waals surface area contributed by atoms with E-state index < -0.39 is 0 Å². The summed E-state index contributed by atoms with van der Waals surface area (Å²) in [6.45, 7) is 6.06. The van der Waals surface area contributed by atoms with Crippen LogP contribution in [0.15, 0.2) is 67.3 Å². The van der Waals surface area contributed by atoms with Gasteiger partial charge in [0.1, 0.15) is 5.82 Å². The van der Waals surface area contributed by atoms with Crippen LogP contribution in [0.2, 0.25) is 0 Å². The fourth-order valence-corrected chi connectivity index (χ4v) is 5.48. The maximum Gasteiger partial charge on any atom is 0.146 e. The summed E-state index contributed by atoms with van der Waals surface area (Å²) in [5.41, 5.74) is 4.04. The number of unbranched alkanes of at least 4 members (excludes halogenated alkanes) is 3. The molecule has 1 aliphatic rings. The first-order valence-corrected chi connectivity index (χ1v) is 13.6. The van der Waals surface area contributed by atoms with E-state index in [0.29, 0.717) is 16.9 Å². The largest absolute Gasteiger partial charge is 0.205 e. The molecule has 35 heavy (non-hydrogen) atoms. The van der Waals surface area contributed by atoms with Crippen molar-refractivity contribution in [1.29, 1.82) is 0 Å². The van der Waals surface area contributed by atoms with Gasteiger partial charge in [-0.1, -0.05) is 93.3 Å².